The number of carbonyl (C=O) groups is 1. The molecule has 0 radical (unpaired) electrons. The van der Waals surface area contributed by atoms with Crippen molar-refractivity contribution in [2.75, 3.05) is 7.11 Å². The van der Waals surface area contributed by atoms with Crippen LogP contribution in [0.15, 0.2) is 36.4 Å². The smallest absolute Gasteiger partial charge is 0.356 e. The van der Waals surface area contributed by atoms with E-state index in [-0.39, 0.29) is 11.0 Å². The van der Waals surface area contributed by atoms with E-state index in [1.807, 2.05) is 30.3 Å². The molecule has 0 spiro atoms. The molecule has 0 amide bonds. The van der Waals surface area contributed by atoms with E-state index >= 15 is 0 Å². The molecule has 0 unspecified atom stereocenters. The molecule has 86 valence electrons. The Morgan fingerprint density at radius 1 is 1.24 bits per heavy atom. The Hall–Kier alpha value is -1.94. The Kier molecular flexibility index (Phi) is 3.35. The van der Waals surface area contributed by atoms with Gasteiger partial charge in [0.05, 0.1) is 12.8 Å². The highest BCUT2D eigenvalue weighted by Gasteiger charge is 2.11. The van der Waals surface area contributed by atoms with Gasteiger partial charge < -0.3 is 4.74 Å². The number of hydrogen-bond donors (Lipinski definition) is 0. The number of benzene rings is 1. The molecule has 0 aliphatic heterocycles. The molecule has 0 bridgehead atoms. The number of aromatic nitrogens is 2. The lowest BCUT2D eigenvalue weighted by Crippen LogP contribution is -2.05. The van der Waals surface area contributed by atoms with Crippen molar-refractivity contribution < 1.29 is 9.53 Å². The van der Waals surface area contributed by atoms with Gasteiger partial charge in [0.25, 0.3) is 0 Å². The number of halogens is 1. The van der Waals surface area contributed by atoms with E-state index in [0.29, 0.717) is 5.69 Å². The number of methoxy groups -OCH3 is 1. The molecule has 2 aromatic rings. The third-order valence-corrected chi connectivity index (χ3v) is 2.33. The highest BCUT2D eigenvalue weighted by Crippen LogP contribution is 2.19. The molecule has 5 heteroatoms. The van der Waals surface area contributed by atoms with Gasteiger partial charge in [0.2, 0.25) is 5.28 Å². The van der Waals surface area contributed by atoms with Crippen LogP contribution >= 0.6 is 11.6 Å². The molecule has 1 aromatic carbocycles. The van der Waals surface area contributed by atoms with Crippen molar-refractivity contribution in [2.24, 2.45) is 0 Å². The van der Waals surface area contributed by atoms with Crippen LogP contribution < -0.4 is 0 Å². The first kappa shape index (κ1) is 11.5. The maximum absolute atomic E-state index is 11.4. The minimum absolute atomic E-state index is 0.0201. The lowest BCUT2D eigenvalue weighted by Gasteiger charge is -2.03. The molecule has 1 aromatic heterocycles. The zero-order valence-corrected chi connectivity index (χ0v) is 9.81. The summed E-state index contributed by atoms with van der Waals surface area (Å²) in [5.41, 5.74) is 1.60. The number of rotatable bonds is 2. The fraction of sp³-hybridized carbons (Fsp3) is 0.0833. The first-order chi connectivity index (χ1) is 8.20. The molecule has 4 nitrogen and oxygen atoms in total. The number of ether oxygens (including phenoxy) is 1. The second-order valence-corrected chi connectivity index (χ2v) is 3.60. The zero-order valence-electron chi connectivity index (χ0n) is 9.05. The van der Waals surface area contributed by atoms with Crippen LogP contribution in [0.2, 0.25) is 5.28 Å². The predicted octanol–water partition coefficient (Wildman–Crippen LogP) is 2.58. The van der Waals surface area contributed by atoms with Crippen LogP contribution in [-0.2, 0) is 4.74 Å². The summed E-state index contributed by atoms with van der Waals surface area (Å²) in [5.74, 6) is -0.536. The van der Waals surface area contributed by atoms with E-state index in [1.54, 1.807) is 6.07 Å². The Bertz CT molecular complexity index is 543. The van der Waals surface area contributed by atoms with Gasteiger partial charge in [-0.1, -0.05) is 30.3 Å². The molecule has 0 aliphatic carbocycles. The van der Waals surface area contributed by atoms with Gasteiger partial charge in [-0.2, -0.15) is 0 Å². The van der Waals surface area contributed by atoms with Crippen molar-refractivity contribution in [3.8, 4) is 11.3 Å². The molecule has 1 heterocycles. The topological polar surface area (TPSA) is 52.1 Å². The van der Waals surface area contributed by atoms with Crippen molar-refractivity contribution in [3.63, 3.8) is 0 Å². The van der Waals surface area contributed by atoms with E-state index in [4.69, 9.17) is 11.6 Å². The molecule has 17 heavy (non-hydrogen) atoms. The van der Waals surface area contributed by atoms with Crippen LogP contribution in [-0.4, -0.2) is 23.0 Å². The van der Waals surface area contributed by atoms with Gasteiger partial charge in [0, 0.05) is 5.56 Å². The summed E-state index contributed by atoms with van der Waals surface area (Å²) in [7, 11) is 1.29. The second-order valence-electron chi connectivity index (χ2n) is 3.27. The van der Waals surface area contributed by atoms with E-state index in [2.05, 4.69) is 14.7 Å². The van der Waals surface area contributed by atoms with Gasteiger partial charge in [-0.25, -0.2) is 14.8 Å². The summed E-state index contributed by atoms with van der Waals surface area (Å²) in [6.07, 6.45) is 0. The summed E-state index contributed by atoms with van der Waals surface area (Å²) in [6, 6.07) is 11.0. The third-order valence-electron chi connectivity index (χ3n) is 2.16. The van der Waals surface area contributed by atoms with Gasteiger partial charge >= 0.3 is 5.97 Å². The SMILES string of the molecule is COC(=O)c1cc(-c2ccccc2)nc(Cl)n1. The molecule has 0 saturated carbocycles. The largest absolute Gasteiger partial charge is 0.464 e. The average Bonchev–Trinajstić information content (AvgIpc) is 2.38. The summed E-state index contributed by atoms with van der Waals surface area (Å²) in [4.78, 5) is 19.3. The van der Waals surface area contributed by atoms with Crippen molar-refractivity contribution in [1.29, 1.82) is 0 Å². The highest BCUT2D eigenvalue weighted by atomic mass is 35.5. The van der Waals surface area contributed by atoms with Crippen LogP contribution in [0.1, 0.15) is 10.5 Å². The summed E-state index contributed by atoms with van der Waals surface area (Å²) < 4.78 is 4.59. The van der Waals surface area contributed by atoms with Crippen LogP contribution in [0, 0.1) is 0 Å². The number of hydrogen-bond acceptors (Lipinski definition) is 4. The normalized spacial score (nSPS) is 10.0. The van der Waals surface area contributed by atoms with Crippen molar-refractivity contribution in [3.05, 3.63) is 47.4 Å². The van der Waals surface area contributed by atoms with Crippen LogP contribution in [0.25, 0.3) is 11.3 Å². The molecule has 0 saturated heterocycles. The Morgan fingerprint density at radius 3 is 2.59 bits per heavy atom. The van der Waals surface area contributed by atoms with E-state index in [0.717, 1.165) is 5.56 Å². The Labute approximate surface area is 103 Å². The first-order valence-electron chi connectivity index (χ1n) is 4.89. The fourth-order valence-electron chi connectivity index (χ4n) is 1.38. The first-order valence-corrected chi connectivity index (χ1v) is 5.27. The van der Waals surface area contributed by atoms with Gasteiger partial charge in [-0.3, -0.25) is 0 Å². The lowest BCUT2D eigenvalue weighted by molar-refractivity contribution is 0.0594. The summed E-state index contributed by atoms with van der Waals surface area (Å²) in [5, 5.41) is 0.0201. The number of nitrogens with zero attached hydrogens (tertiary/aromatic N) is 2. The summed E-state index contributed by atoms with van der Waals surface area (Å²) in [6.45, 7) is 0. The number of esters is 1. The molecule has 0 N–H and O–H groups in total. The lowest BCUT2D eigenvalue weighted by atomic mass is 10.1. The van der Waals surface area contributed by atoms with Crippen LogP contribution in [0.5, 0.6) is 0 Å². The molecular weight excluding hydrogens is 240 g/mol. The standard InChI is InChI=1S/C12H9ClN2O2/c1-17-11(16)10-7-9(14-12(13)15-10)8-5-3-2-4-6-8/h2-7H,1H3. The van der Waals surface area contributed by atoms with Gasteiger partial charge in [-0.15, -0.1) is 0 Å². The quantitative estimate of drug-likeness (QED) is 0.606. The zero-order chi connectivity index (χ0) is 12.3. The fourth-order valence-corrected chi connectivity index (χ4v) is 1.57. The van der Waals surface area contributed by atoms with Gasteiger partial charge in [0.15, 0.2) is 5.69 Å². The minimum Gasteiger partial charge on any atom is -0.464 e. The Morgan fingerprint density at radius 2 is 1.94 bits per heavy atom. The van der Waals surface area contributed by atoms with E-state index in [9.17, 15) is 4.79 Å². The maximum Gasteiger partial charge on any atom is 0.356 e. The molecule has 0 fully saturated rings. The van der Waals surface area contributed by atoms with Gasteiger partial charge in [-0.05, 0) is 17.7 Å². The minimum atomic E-state index is -0.536. The Balaban J connectivity index is 2.49. The summed E-state index contributed by atoms with van der Waals surface area (Å²) >= 11 is 5.77. The molecule has 2 rings (SSSR count). The van der Waals surface area contributed by atoms with Crippen molar-refractivity contribution in [2.45, 2.75) is 0 Å². The van der Waals surface area contributed by atoms with E-state index in [1.165, 1.54) is 7.11 Å². The third kappa shape index (κ3) is 2.60. The van der Waals surface area contributed by atoms with Crippen molar-refractivity contribution >= 4 is 17.6 Å². The molecule has 0 atom stereocenters. The highest BCUT2D eigenvalue weighted by molar-refractivity contribution is 6.28. The van der Waals surface area contributed by atoms with E-state index < -0.39 is 5.97 Å². The monoisotopic (exact) mass is 248 g/mol. The maximum atomic E-state index is 11.4. The average molecular weight is 249 g/mol. The predicted molar refractivity (Wildman–Crippen MR) is 63.8 cm³/mol. The van der Waals surface area contributed by atoms with Crippen molar-refractivity contribution in [1.82, 2.24) is 9.97 Å². The van der Waals surface area contributed by atoms with Gasteiger partial charge in [0.1, 0.15) is 0 Å². The number of carbonyl (C=O) groups excluding carboxylic acids is 1. The molecular formula is C12H9ClN2O2. The molecule has 0 aliphatic rings. The van der Waals surface area contributed by atoms with Crippen LogP contribution in [0.3, 0.4) is 0 Å². The van der Waals surface area contributed by atoms with Crippen LogP contribution in [0.4, 0.5) is 0 Å². The second kappa shape index (κ2) is 4.93.